The van der Waals surface area contributed by atoms with Gasteiger partial charge in [-0.25, -0.2) is 4.98 Å². The topological polar surface area (TPSA) is 115 Å². The standard InChI is InChI=1S/C20H18N6O3S2/c1-13(17(27)23-19-21-9-11-30-19)31-20-25-24-16(26(20)14-6-3-2-4-7-14)12-22-18(28)15-8-5-10-29-15/h2-11,13H,12H2,1H3,(H,22,28)(H,21,23,27). The van der Waals surface area contributed by atoms with Gasteiger partial charge in [-0.1, -0.05) is 30.0 Å². The summed E-state index contributed by atoms with van der Waals surface area (Å²) in [6, 6.07) is 12.7. The number of amides is 2. The van der Waals surface area contributed by atoms with Crippen molar-refractivity contribution >= 4 is 40.0 Å². The zero-order chi connectivity index (χ0) is 21.6. The van der Waals surface area contributed by atoms with Gasteiger partial charge in [0.25, 0.3) is 5.91 Å². The molecule has 0 spiro atoms. The minimum absolute atomic E-state index is 0.141. The van der Waals surface area contributed by atoms with E-state index in [1.807, 2.05) is 34.9 Å². The predicted molar refractivity (Wildman–Crippen MR) is 117 cm³/mol. The van der Waals surface area contributed by atoms with Crippen LogP contribution >= 0.6 is 23.1 Å². The van der Waals surface area contributed by atoms with Gasteiger partial charge in [-0.05, 0) is 31.2 Å². The van der Waals surface area contributed by atoms with E-state index >= 15 is 0 Å². The number of nitrogens with zero attached hydrogens (tertiary/aromatic N) is 4. The van der Waals surface area contributed by atoms with Gasteiger partial charge in [0.1, 0.15) is 0 Å². The molecule has 3 aromatic heterocycles. The number of anilines is 1. The quantitative estimate of drug-likeness (QED) is 0.392. The molecule has 0 fully saturated rings. The third-order valence-corrected chi connectivity index (χ3v) is 5.91. The van der Waals surface area contributed by atoms with Crippen LogP contribution in [0.15, 0.2) is 69.9 Å². The van der Waals surface area contributed by atoms with Crippen molar-refractivity contribution in [2.45, 2.75) is 23.9 Å². The zero-order valence-electron chi connectivity index (χ0n) is 16.4. The van der Waals surface area contributed by atoms with Gasteiger partial charge in [0, 0.05) is 17.3 Å². The lowest BCUT2D eigenvalue weighted by Gasteiger charge is -2.13. The van der Waals surface area contributed by atoms with Crippen molar-refractivity contribution in [2.75, 3.05) is 5.32 Å². The van der Waals surface area contributed by atoms with Crippen molar-refractivity contribution in [1.82, 2.24) is 25.1 Å². The number of carbonyl (C=O) groups is 2. The van der Waals surface area contributed by atoms with Gasteiger partial charge in [-0.15, -0.1) is 21.5 Å². The van der Waals surface area contributed by atoms with Crippen LogP contribution in [0, 0.1) is 0 Å². The van der Waals surface area contributed by atoms with Crippen LogP contribution in [0.1, 0.15) is 23.3 Å². The summed E-state index contributed by atoms with van der Waals surface area (Å²) in [5.41, 5.74) is 0.824. The number of carbonyl (C=O) groups excluding carboxylic acids is 2. The minimum atomic E-state index is -0.443. The molecule has 9 nitrogen and oxygen atoms in total. The van der Waals surface area contributed by atoms with E-state index in [1.54, 1.807) is 30.6 Å². The van der Waals surface area contributed by atoms with Crippen LogP contribution in [0.4, 0.5) is 5.13 Å². The SMILES string of the molecule is CC(Sc1nnc(CNC(=O)c2ccco2)n1-c1ccccc1)C(=O)Nc1nccs1. The van der Waals surface area contributed by atoms with Crippen LogP contribution in [-0.2, 0) is 11.3 Å². The van der Waals surface area contributed by atoms with Gasteiger partial charge < -0.3 is 15.1 Å². The fraction of sp³-hybridized carbons (Fsp3) is 0.150. The molecule has 1 atom stereocenters. The highest BCUT2D eigenvalue weighted by Gasteiger charge is 2.22. The molecule has 3 heterocycles. The third kappa shape index (κ3) is 5.01. The molecular formula is C20H18N6O3S2. The molecule has 2 amide bonds. The first kappa shape index (κ1) is 20.8. The van der Waals surface area contributed by atoms with Crippen LogP contribution < -0.4 is 10.6 Å². The minimum Gasteiger partial charge on any atom is -0.459 e. The van der Waals surface area contributed by atoms with Gasteiger partial charge in [-0.2, -0.15) is 0 Å². The van der Waals surface area contributed by atoms with Crippen molar-refractivity contribution in [3.63, 3.8) is 0 Å². The van der Waals surface area contributed by atoms with E-state index in [9.17, 15) is 9.59 Å². The number of thioether (sulfide) groups is 1. The predicted octanol–water partition coefficient (Wildman–Crippen LogP) is 3.37. The molecule has 11 heteroatoms. The summed E-state index contributed by atoms with van der Waals surface area (Å²) in [4.78, 5) is 28.8. The number of benzene rings is 1. The molecule has 0 saturated heterocycles. The Bertz CT molecular complexity index is 1140. The Hall–Kier alpha value is -3.44. The molecule has 158 valence electrons. The Morgan fingerprint density at radius 1 is 1.19 bits per heavy atom. The highest BCUT2D eigenvalue weighted by Crippen LogP contribution is 2.26. The molecule has 2 N–H and O–H groups in total. The van der Waals surface area contributed by atoms with Crippen molar-refractivity contribution in [3.8, 4) is 5.69 Å². The second-order valence-electron chi connectivity index (χ2n) is 6.32. The number of nitrogens with one attached hydrogen (secondary N) is 2. The maximum Gasteiger partial charge on any atom is 0.287 e. The average molecular weight is 455 g/mol. The largest absolute Gasteiger partial charge is 0.459 e. The number of aromatic nitrogens is 4. The van der Waals surface area contributed by atoms with Gasteiger partial charge in [0.15, 0.2) is 21.9 Å². The van der Waals surface area contributed by atoms with E-state index in [4.69, 9.17) is 4.42 Å². The van der Waals surface area contributed by atoms with Crippen LogP contribution in [0.5, 0.6) is 0 Å². The Morgan fingerprint density at radius 3 is 2.74 bits per heavy atom. The molecule has 0 aliphatic rings. The fourth-order valence-electron chi connectivity index (χ4n) is 2.69. The first-order chi connectivity index (χ1) is 15.1. The first-order valence-electron chi connectivity index (χ1n) is 9.30. The summed E-state index contributed by atoms with van der Waals surface area (Å²) in [5.74, 6) is 0.210. The Kier molecular flexibility index (Phi) is 6.43. The van der Waals surface area contributed by atoms with Crippen molar-refractivity contribution in [1.29, 1.82) is 0 Å². The highest BCUT2D eigenvalue weighted by atomic mass is 32.2. The summed E-state index contributed by atoms with van der Waals surface area (Å²) in [7, 11) is 0. The maximum absolute atomic E-state index is 12.5. The molecular weight excluding hydrogens is 436 g/mol. The monoisotopic (exact) mass is 454 g/mol. The van der Waals surface area contributed by atoms with E-state index in [-0.39, 0.29) is 24.1 Å². The van der Waals surface area contributed by atoms with Gasteiger partial charge in [0.05, 0.1) is 18.1 Å². The second kappa shape index (κ2) is 9.58. The summed E-state index contributed by atoms with van der Waals surface area (Å²) in [6.45, 7) is 1.93. The van der Waals surface area contributed by atoms with Crippen LogP contribution in [0.2, 0.25) is 0 Å². The highest BCUT2D eigenvalue weighted by molar-refractivity contribution is 8.00. The molecule has 0 aliphatic carbocycles. The number of hydrogen-bond acceptors (Lipinski definition) is 8. The Balaban J connectivity index is 1.53. The maximum atomic E-state index is 12.5. The van der Waals surface area contributed by atoms with Crippen molar-refractivity contribution in [3.05, 3.63) is 71.9 Å². The molecule has 4 rings (SSSR count). The van der Waals surface area contributed by atoms with Crippen LogP contribution in [-0.4, -0.2) is 36.8 Å². The smallest absolute Gasteiger partial charge is 0.287 e. The van der Waals surface area contributed by atoms with E-state index in [0.29, 0.717) is 16.1 Å². The average Bonchev–Trinajstić information content (AvgIpc) is 3.55. The number of para-hydroxylation sites is 1. The van der Waals surface area contributed by atoms with Gasteiger partial charge >= 0.3 is 0 Å². The normalized spacial score (nSPS) is 11.8. The van der Waals surface area contributed by atoms with Crippen LogP contribution in [0.25, 0.3) is 5.69 Å². The lowest BCUT2D eigenvalue weighted by molar-refractivity contribution is -0.115. The number of furan rings is 1. The van der Waals surface area contributed by atoms with E-state index in [1.165, 1.54) is 29.4 Å². The summed E-state index contributed by atoms with van der Waals surface area (Å²) in [5, 5.41) is 16.5. The lowest BCUT2D eigenvalue weighted by Crippen LogP contribution is -2.24. The fourth-order valence-corrected chi connectivity index (χ4v) is 4.10. The summed E-state index contributed by atoms with van der Waals surface area (Å²) >= 11 is 2.62. The summed E-state index contributed by atoms with van der Waals surface area (Å²) < 4.78 is 6.94. The Morgan fingerprint density at radius 2 is 2.03 bits per heavy atom. The molecule has 0 aliphatic heterocycles. The van der Waals surface area contributed by atoms with Crippen LogP contribution in [0.3, 0.4) is 0 Å². The lowest BCUT2D eigenvalue weighted by atomic mass is 10.3. The molecule has 1 aromatic carbocycles. The second-order valence-corrected chi connectivity index (χ2v) is 8.52. The molecule has 31 heavy (non-hydrogen) atoms. The molecule has 4 aromatic rings. The Labute approximate surface area is 185 Å². The summed E-state index contributed by atoms with van der Waals surface area (Å²) in [6.07, 6.45) is 3.07. The zero-order valence-corrected chi connectivity index (χ0v) is 18.0. The number of hydrogen-bond donors (Lipinski definition) is 2. The molecule has 0 bridgehead atoms. The number of thiazole rings is 1. The van der Waals surface area contributed by atoms with Gasteiger partial charge in [0.2, 0.25) is 5.91 Å². The third-order valence-electron chi connectivity index (χ3n) is 4.18. The molecule has 0 saturated carbocycles. The number of rotatable bonds is 8. The first-order valence-corrected chi connectivity index (χ1v) is 11.1. The molecule has 0 radical (unpaired) electrons. The van der Waals surface area contributed by atoms with E-state index in [0.717, 1.165) is 5.69 Å². The van der Waals surface area contributed by atoms with E-state index in [2.05, 4.69) is 25.8 Å². The van der Waals surface area contributed by atoms with Gasteiger partial charge in [-0.3, -0.25) is 14.2 Å². The molecule has 1 unspecified atom stereocenters. The van der Waals surface area contributed by atoms with Crippen molar-refractivity contribution in [2.24, 2.45) is 0 Å². The van der Waals surface area contributed by atoms with Crippen molar-refractivity contribution < 1.29 is 14.0 Å². The van der Waals surface area contributed by atoms with E-state index < -0.39 is 5.25 Å².